The maximum absolute atomic E-state index is 11.7. The predicted octanol–water partition coefficient (Wildman–Crippen LogP) is 2.39. The maximum Gasteiger partial charge on any atom is 0.232 e. The smallest absolute Gasteiger partial charge is 0.232 e. The standard InChI is InChI=1S/C11H21NOS/c1-3-8-14-9-11(13)12-6-4-10(2)5-7-12/h10H,3-9H2,1-2H3. The first-order valence-corrected chi connectivity index (χ1v) is 6.75. The molecular weight excluding hydrogens is 194 g/mol. The monoisotopic (exact) mass is 215 g/mol. The van der Waals surface area contributed by atoms with Crippen LogP contribution in [0.1, 0.15) is 33.1 Å². The van der Waals surface area contributed by atoms with E-state index in [1.54, 1.807) is 11.8 Å². The lowest BCUT2D eigenvalue weighted by Gasteiger charge is -2.30. The van der Waals surface area contributed by atoms with Gasteiger partial charge in [-0.25, -0.2) is 0 Å². The van der Waals surface area contributed by atoms with Crippen molar-refractivity contribution in [2.24, 2.45) is 5.92 Å². The molecule has 1 rings (SSSR count). The summed E-state index contributed by atoms with van der Waals surface area (Å²) in [5.41, 5.74) is 0. The zero-order valence-corrected chi connectivity index (χ0v) is 10.1. The molecule has 1 saturated heterocycles. The summed E-state index contributed by atoms with van der Waals surface area (Å²) in [6.07, 6.45) is 3.53. The van der Waals surface area contributed by atoms with Gasteiger partial charge in [0.05, 0.1) is 5.75 Å². The summed E-state index contributed by atoms with van der Waals surface area (Å²) in [5.74, 6) is 2.94. The molecule has 0 aromatic rings. The Hall–Kier alpha value is -0.180. The van der Waals surface area contributed by atoms with Gasteiger partial charge >= 0.3 is 0 Å². The predicted molar refractivity (Wildman–Crippen MR) is 62.6 cm³/mol. The van der Waals surface area contributed by atoms with E-state index in [2.05, 4.69) is 13.8 Å². The fourth-order valence-electron chi connectivity index (χ4n) is 1.65. The first kappa shape index (κ1) is 11.9. The summed E-state index contributed by atoms with van der Waals surface area (Å²) in [6, 6.07) is 0. The van der Waals surface area contributed by atoms with Crippen LogP contribution in [0.3, 0.4) is 0 Å². The number of hydrogen-bond donors (Lipinski definition) is 0. The fraction of sp³-hybridized carbons (Fsp3) is 0.909. The van der Waals surface area contributed by atoms with Crippen LogP contribution in [0.15, 0.2) is 0 Å². The third-order valence-corrected chi connectivity index (χ3v) is 3.86. The quantitative estimate of drug-likeness (QED) is 0.671. The molecule has 0 saturated carbocycles. The summed E-state index contributed by atoms with van der Waals surface area (Å²) in [4.78, 5) is 13.7. The van der Waals surface area contributed by atoms with Crippen LogP contribution < -0.4 is 0 Å². The summed E-state index contributed by atoms with van der Waals surface area (Å²) in [6.45, 7) is 6.38. The molecule has 82 valence electrons. The van der Waals surface area contributed by atoms with Crippen LogP contribution in [-0.2, 0) is 4.79 Å². The van der Waals surface area contributed by atoms with E-state index in [0.29, 0.717) is 11.7 Å². The summed E-state index contributed by atoms with van der Waals surface area (Å²) < 4.78 is 0. The number of rotatable bonds is 4. The Bertz CT molecular complexity index is 176. The zero-order chi connectivity index (χ0) is 10.4. The highest BCUT2D eigenvalue weighted by atomic mass is 32.2. The molecule has 2 nitrogen and oxygen atoms in total. The van der Waals surface area contributed by atoms with E-state index < -0.39 is 0 Å². The second-order valence-electron chi connectivity index (χ2n) is 4.12. The number of amides is 1. The fourth-order valence-corrected chi connectivity index (χ4v) is 2.44. The zero-order valence-electron chi connectivity index (χ0n) is 9.29. The molecule has 0 aromatic heterocycles. The largest absolute Gasteiger partial charge is 0.342 e. The molecule has 3 heteroatoms. The van der Waals surface area contributed by atoms with Crippen LogP contribution >= 0.6 is 11.8 Å². The van der Waals surface area contributed by atoms with Crippen molar-refractivity contribution >= 4 is 17.7 Å². The number of carbonyl (C=O) groups is 1. The molecule has 0 aromatic carbocycles. The summed E-state index contributed by atoms with van der Waals surface area (Å²) in [5, 5.41) is 0. The molecule has 1 fully saturated rings. The Balaban J connectivity index is 2.17. The molecule has 0 N–H and O–H groups in total. The van der Waals surface area contributed by atoms with E-state index in [9.17, 15) is 4.79 Å². The minimum absolute atomic E-state index is 0.343. The van der Waals surface area contributed by atoms with Gasteiger partial charge in [0.15, 0.2) is 0 Å². The van der Waals surface area contributed by atoms with Crippen molar-refractivity contribution in [3.63, 3.8) is 0 Å². The van der Waals surface area contributed by atoms with Crippen LogP contribution in [0, 0.1) is 5.92 Å². The van der Waals surface area contributed by atoms with Crippen molar-refractivity contribution < 1.29 is 4.79 Å². The Morgan fingerprint density at radius 2 is 2.07 bits per heavy atom. The number of carbonyl (C=O) groups excluding carboxylic acids is 1. The molecule has 0 radical (unpaired) electrons. The Morgan fingerprint density at radius 1 is 1.43 bits per heavy atom. The Morgan fingerprint density at radius 3 is 2.64 bits per heavy atom. The van der Waals surface area contributed by atoms with Crippen molar-refractivity contribution in [2.45, 2.75) is 33.1 Å². The van der Waals surface area contributed by atoms with E-state index in [1.807, 2.05) is 4.90 Å². The van der Waals surface area contributed by atoms with Crippen LogP contribution in [-0.4, -0.2) is 35.4 Å². The van der Waals surface area contributed by atoms with E-state index >= 15 is 0 Å². The third kappa shape index (κ3) is 3.91. The topological polar surface area (TPSA) is 20.3 Å². The number of hydrogen-bond acceptors (Lipinski definition) is 2. The van der Waals surface area contributed by atoms with Gasteiger partial charge in [0.1, 0.15) is 0 Å². The van der Waals surface area contributed by atoms with Gasteiger partial charge in [-0.2, -0.15) is 11.8 Å². The molecule has 0 aliphatic carbocycles. The molecule has 1 amide bonds. The van der Waals surface area contributed by atoms with Crippen molar-refractivity contribution in [1.29, 1.82) is 0 Å². The van der Waals surface area contributed by atoms with Crippen molar-refractivity contribution in [3.8, 4) is 0 Å². The number of piperidine rings is 1. The lowest BCUT2D eigenvalue weighted by atomic mass is 9.99. The molecular formula is C11H21NOS. The van der Waals surface area contributed by atoms with Crippen LogP contribution in [0.5, 0.6) is 0 Å². The van der Waals surface area contributed by atoms with Crippen molar-refractivity contribution in [1.82, 2.24) is 4.90 Å². The lowest BCUT2D eigenvalue weighted by Crippen LogP contribution is -2.38. The highest BCUT2D eigenvalue weighted by Crippen LogP contribution is 2.17. The number of likely N-dealkylation sites (tertiary alicyclic amines) is 1. The Labute approximate surface area is 91.4 Å². The summed E-state index contributed by atoms with van der Waals surface area (Å²) in [7, 11) is 0. The first-order valence-electron chi connectivity index (χ1n) is 5.59. The van der Waals surface area contributed by atoms with E-state index in [1.165, 1.54) is 12.8 Å². The highest BCUT2D eigenvalue weighted by Gasteiger charge is 2.19. The van der Waals surface area contributed by atoms with Crippen molar-refractivity contribution in [2.75, 3.05) is 24.6 Å². The average Bonchev–Trinajstić information content (AvgIpc) is 2.19. The Kier molecular flexibility index (Phi) is 5.38. The SMILES string of the molecule is CCCSCC(=O)N1CCC(C)CC1. The van der Waals surface area contributed by atoms with Crippen molar-refractivity contribution in [3.05, 3.63) is 0 Å². The van der Waals surface area contributed by atoms with E-state index in [0.717, 1.165) is 31.2 Å². The lowest BCUT2D eigenvalue weighted by molar-refractivity contribution is -0.129. The molecule has 1 aliphatic rings. The maximum atomic E-state index is 11.7. The van der Waals surface area contributed by atoms with Gasteiger partial charge in [-0.1, -0.05) is 13.8 Å². The first-order chi connectivity index (χ1) is 6.74. The number of thioether (sulfide) groups is 1. The van der Waals surface area contributed by atoms with Gasteiger partial charge in [0.2, 0.25) is 5.91 Å². The molecule has 0 unspecified atom stereocenters. The average molecular weight is 215 g/mol. The number of nitrogens with zero attached hydrogens (tertiary/aromatic N) is 1. The second kappa shape index (κ2) is 6.33. The second-order valence-corrected chi connectivity index (χ2v) is 5.22. The van der Waals surface area contributed by atoms with E-state index in [4.69, 9.17) is 0 Å². The molecule has 0 atom stereocenters. The van der Waals surface area contributed by atoms with Gasteiger partial charge in [-0.3, -0.25) is 4.79 Å². The van der Waals surface area contributed by atoms with Crippen LogP contribution in [0.25, 0.3) is 0 Å². The third-order valence-electron chi connectivity index (χ3n) is 2.71. The van der Waals surface area contributed by atoms with E-state index in [-0.39, 0.29) is 0 Å². The molecule has 14 heavy (non-hydrogen) atoms. The van der Waals surface area contributed by atoms with Crippen LogP contribution in [0.2, 0.25) is 0 Å². The van der Waals surface area contributed by atoms with Gasteiger partial charge in [0, 0.05) is 13.1 Å². The molecule has 1 aliphatic heterocycles. The van der Waals surface area contributed by atoms with Crippen LogP contribution in [0.4, 0.5) is 0 Å². The minimum Gasteiger partial charge on any atom is -0.342 e. The molecule has 1 heterocycles. The van der Waals surface area contributed by atoms with Gasteiger partial charge < -0.3 is 4.90 Å². The molecule has 0 spiro atoms. The molecule has 0 bridgehead atoms. The highest BCUT2D eigenvalue weighted by molar-refractivity contribution is 7.99. The normalized spacial score (nSPS) is 18.6. The van der Waals surface area contributed by atoms with Gasteiger partial charge in [0.25, 0.3) is 0 Å². The minimum atomic E-state index is 0.343. The van der Waals surface area contributed by atoms with Gasteiger partial charge in [-0.05, 0) is 30.9 Å². The van der Waals surface area contributed by atoms with Gasteiger partial charge in [-0.15, -0.1) is 0 Å². The summed E-state index contributed by atoms with van der Waals surface area (Å²) >= 11 is 1.76.